The average molecular weight is 403 g/mol. The number of carbonyl (C=O) groups excluding carboxylic acids is 1. The van der Waals surface area contributed by atoms with Gasteiger partial charge in [-0.25, -0.2) is 0 Å². The minimum absolute atomic E-state index is 0.171. The van der Waals surface area contributed by atoms with Gasteiger partial charge in [-0.15, -0.1) is 12.3 Å². The summed E-state index contributed by atoms with van der Waals surface area (Å²) in [7, 11) is 0. The van der Waals surface area contributed by atoms with Crippen LogP contribution in [0.5, 0.6) is 0 Å². The fourth-order valence-electron chi connectivity index (χ4n) is 3.12. The van der Waals surface area contributed by atoms with Gasteiger partial charge in [-0.1, -0.05) is 30.2 Å². The second-order valence-electron chi connectivity index (χ2n) is 7.40. The molecule has 6 heteroatoms. The Bertz CT molecular complexity index is 642. The molecule has 1 aromatic rings. The first kappa shape index (κ1) is 23.2. The summed E-state index contributed by atoms with van der Waals surface area (Å²) in [6, 6.07) is 1.75. The van der Waals surface area contributed by atoms with E-state index in [1.165, 1.54) is 0 Å². The van der Waals surface area contributed by atoms with E-state index in [0.29, 0.717) is 18.2 Å². The highest BCUT2D eigenvalue weighted by molar-refractivity contribution is 5.92. The number of unbranched alkanes of at least 4 members (excludes halogenated alkanes) is 4. The highest BCUT2D eigenvalue weighted by atomic mass is 16.5. The Labute approximate surface area is 174 Å². The number of terminal acetylenes is 1. The molecule has 1 unspecified atom stereocenters. The van der Waals surface area contributed by atoms with E-state index in [-0.39, 0.29) is 5.91 Å². The van der Waals surface area contributed by atoms with Gasteiger partial charge in [0.05, 0.1) is 13.2 Å². The molecule has 6 nitrogen and oxygen atoms in total. The molecule has 1 fully saturated rings. The maximum Gasteiger partial charge on any atom is 0.273 e. The van der Waals surface area contributed by atoms with Crippen LogP contribution in [-0.4, -0.2) is 44.0 Å². The number of allylic oxidation sites excluding steroid dienone is 1. The van der Waals surface area contributed by atoms with Crippen molar-refractivity contribution < 1.29 is 18.8 Å². The Morgan fingerprint density at radius 2 is 2.14 bits per heavy atom. The molecule has 29 heavy (non-hydrogen) atoms. The number of ether oxygens (including phenoxy) is 2. The average Bonchev–Trinajstić information content (AvgIpc) is 3.42. The van der Waals surface area contributed by atoms with Crippen LogP contribution in [-0.2, 0) is 15.9 Å². The fraction of sp³-hybridized carbons (Fsp3) is 0.652. The fourth-order valence-corrected chi connectivity index (χ4v) is 3.12. The van der Waals surface area contributed by atoms with Crippen molar-refractivity contribution >= 4 is 5.91 Å². The Morgan fingerprint density at radius 1 is 1.28 bits per heavy atom. The number of aromatic nitrogens is 1. The Hall–Kier alpha value is -2.10. The van der Waals surface area contributed by atoms with Crippen LogP contribution >= 0.6 is 0 Å². The summed E-state index contributed by atoms with van der Waals surface area (Å²) < 4.78 is 16.2. The summed E-state index contributed by atoms with van der Waals surface area (Å²) >= 11 is 0. The lowest BCUT2D eigenvalue weighted by Gasteiger charge is -2.07. The molecule has 0 spiro atoms. The molecule has 0 radical (unpaired) electrons. The smallest absolute Gasteiger partial charge is 0.273 e. The minimum atomic E-state index is -0.171. The second kappa shape index (κ2) is 14.8. The highest BCUT2D eigenvalue weighted by Crippen LogP contribution is 2.12. The Balaban J connectivity index is 1.44. The standard InChI is InChI=1S/C23H34N2O4/c1-2-3-4-5-7-10-14-27-15-11-8-6-9-12-21-17-22(25-29-21)23(26)24-18-20-13-16-28-19-20/h1,5,7,17,20H,3-4,6,8-16,18-19H2,(H,24,26)/b7-5-. The highest BCUT2D eigenvalue weighted by Gasteiger charge is 2.18. The lowest BCUT2D eigenvalue weighted by molar-refractivity contribution is 0.0936. The van der Waals surface area contributed by atoms with Gasteiger partial charge in [0.2, 0.25) is 0 Å². The van der Waals surface area contributed by atoms with Crippen molar-refractivity contribution in [2.75, 3.05) is 33.0 Å². The molecule has 160 valence electrons. The molecule has 1 N–H and O–H groups in total. The molecule has 2 heterocycles. The number of aryl methyl sites for hydroxylation is 1. The SMILES string of the molecule is C#CCC/C=C\CCOCCCCCCc1cc(C(=O)NCC2CCOC2)no1. The summed E-state index contributed by atoms with van der Waals surface area (Å²) in [4.78, 5) is 12.1. The van der Waals surface area contributed by atoms with E-state index in [1.807, 2.05) is 0 Å². The molecule has 1 atom stereocenters. The molecule has 0 bridgehead atoms. The van der Waals surface area contributed by atoms with E-state index < -0.39 is 0 Å². The summed E-state index contributed by atoms with van der Waals surface area (Å²) in [5.41, 5.74) is 0.362. The predicted octanol–water partition coefficient (Wildman–Crippen LogP) is 3.92. The van der Waals surface area contributed by atoms with Crippen molar-refractivity contribution in [3.05, 3.63) is 29.7 Å². The number of amides is 1. The van der Waals surface area contributed by atoms with Crippen molar-refractivity contribution in [2.45, 2.75) is 57.8 Å². The van der Waals surface area contributed by atoms with Gasteiger partial charge in [-0.2, -0.15) is 0 Å². The lowest BCUT2D eigenvalue weighted by Crippen LogP contribution is -2.29. The zero-order chi connectivity index (χ0) is 20.6. The third-order valence-corrected chi connectivity index (χ3v) is 4.88. The van der Waals surface area contributed by atoms with Gasteiger partial charge < -0.3 is 19.3 Å². The van der Waals surface area contributed by atoms with Crippen LogP contribution in [0.4, 0.5) is 0 Å². The van der Waals surface area contributed by atoms with Gasteiger partial charge >= 0.3 is 0 Å². The second-order valence-corrected chi connectivity index (χ2v) is 7.40. The maximum absolute atomic E-state index is 12.1. The first-order valence-electron chi connectivity index (χ1n) is 10.8. The van der Waals surface area contributed by atoms with E-state index in [2.05, 4.69) is 28.5 Å². The van der Waals surface area contributed by atoms with E-state index in [4.69, 9.17) is 20.4 Å². The van der Waals surface area contributed by atoms with Crippen molar-refractivity contribution in [1.29, 1.82) is 0 Å². The largest absolute Gasteiger partial charge is 0.381 e. The van der Waals surface area contributed by atoms with Crippen LogP contribution in [0.2, 0.25) is 0 Å². The Kier molecular flexibility index (Phi) is 11.9. The van der Waals surface area contributed by atoms with Crippen molar-refractivity contribution in [3.8, 4) is 12.3 Å². The van der Waals surface area contributed by atoms with E-state index in [1.54, 1.807) is 6.07 Å². The molecule has 2 rings (SSSR count). The van der Waals surface area contributed by atoms with Crippen LogP contribution < -0.4 is 5.32 Å². The van der Waals surface area contributed by atoms with E-state index in [9.17, 15) is 4.79 Å². The monoisotopic (exact) mass is 402 g/mol. The number of rotatable bonds is 15. The molecule has 0 saturated carbocycles. The normalized spacial score (nSPS) is 16.3. The van der Waals surface area contributed by atoms with Gasteiger partial charge in [0.1, 0.15) is 5.76 Å². The summed E-state index contributed by atoms with van der Waals surface area (Å²) in [5.74, 6) is 3.63. The molecule has 1 aliphatic heterocycles. The quantitative estimate of drug-likeness (QED) is 0.273. The van der Waals surface area contributed by atoms with Crippen LogP contribution in [0.1, 0.15) is 67.6 Å². The third kappa shape index (κ3) is 10.3. The van der Waals surface area contributed by atoms with Crippen LogP contribution in [0.15, 0.2) is 22.7 Å². The number of hydrogen-bond acceptors (Lipinski definition) is 5. The van der Waals surface area contributed by atoms with Gasteiger partial charge in [0.15, 0.2) is 5.69 Å². The van der Waals surface area contributed by atoms with Crippen LogP contribution in [0.3, 0.4) is 0 Å². The molecule has 0 aromatic carbocycles. The molecular formula is C23H34N2O4. The van der Waals surface area contributed by atoms with Crippen LogP contribution in [0, 0.1) is 18.3 Å². The van der Waals surface area contributed by atoms with Crippen LogP contribution in [0.25, 0.3) is 0 Å². The molecule has 0 aliphatic carbocycles. The Morgan fingerprint density at radius 3 is 2.97 bits per heavy atom. The van der Waals surface area contributed by atoms with E-state index in [0.717, 1.165) is 90.0 Å². The first-order valence-corrected chi connectivity index (χ1v) is 10.8. The molecule has 1 aliphatic rings. The molecular weight excluding hydrogens is 368 g/mol. The predicted molar refractivity (Wildman–Crippen MR) is 113 cm³/mol. The van der Waals surface area contributed by atoms with Crippen molar-refractivity contribution in [1.82, 2.24) is 10.5 Å². The molecule has 1 aromatic heterocycles. The van der Waals surface area contributed by atoms with Crippen molar-refractivity contribution in [2.24, 2.45) is 5.92 Å². The zero-order valence-corrected chi connectivity index (χ0v) is 17.4. The van der Waals surface area contributed by atoms with Gasteiger partial charge in [0, 0.05) is 44.6 Å². The lowest BCUT2D eigenvalue weighted by atomic mass is 10.1. The first-order chi connectivity index (χ1) is 14.3. The van der Waals surface area contributed by atoms with Gasteiger partial charge in [-0.3, -0.25) is 4.79 Å². The number of hydrogen-bond donors (Lipinski definition) is 1. The summed E-state index contributed by atoms with van der Waals surface area (Å²) in [5, 5.41) is 6.79. The van der Waals surface area contributed by atoms with Gasteiger partial charge in [-0.05, 0) is 32.1 Å². The molecule has 1 saturated heterocycles. The zero-order valence-electron chi connectivity index (χ0n) is 17.4. The number of nitrogens with one attached hydrogen (secondary N) is 1. The topological polar surface area (TPSA) is 73.6 Å². The number of carbonyl (C=O) groups is 1. The number of nitrogens with zero attached hydrogens (tertiary/aromatic N) is 1. The summed E-state index contributed by atoms with van der Waals surface area (Å²) in [6.45, 7) is 3.71. The minimum Gasteiger partial charge on any atom is -0.381 e. The van der Waals surface area contributed by atoms with Gasteiger partial charge in [0.25, 0.3) is 5.91 Å². The third-order valence-electron chi connectivity index (χ3n) is 4.88. The van der Waals surface area contributed by atoms with Crippen molar-refractivity contribution in [3.63, 3.8) is 0 Å². The summed E-state index contributed by atoms with van der Waals surface area (Å²) in [6.07, 6.45) is 18.3. The molecule has 1 amide bonds. The van der Waals surface area contributed by atoms with E-state index >= 15 is 0 Å². The maximum atomic E-state index is 12.1.